The average Bonchev–Trinajstić information content (AvgIpc) is 2.57. The molecule has 0 saturated carbocycles. The summed E-state index contributed by atoms with van der Waals surface area (Å²) in [5.74, 6) is 0.172. The molecule has 0 saturated heterocycles. The third-order valence-corrected chi connectivity index (χ3v) is 5.48. The van der Waals surface area contributed by atoms with Gasteiger partial charge in [-0.15, -0.1) is 0 Å². The zero-order valence-electron chi connectivity index (χ0n) is 12.5. The zero-order valence-corrected chi connectivity index (χ0v) is 14.8. The highest BCUT2D eigenvalue weighted by Crippen LogP contribution is 2.38. The van der Waals surface area contributed by atoms with Crippen LogP contribution in [0.1, 0.15) is 0 Å². The second-order valence-corrected chi connectivity index (χ2v) is 7.21. The quantitative estimate of drug-likeness (QED) is 0.600. The molecule has 0 heterocycles. The van der Waals surface area contributed by atoms with Crippen LogP contribution in [0, 0.1) is 0 Å². The lowest BCUT2D eigenvalue weighted by atomic mass is 10.1. The molecule has 3 rings (SSSR count). The van der Waals surface area contributed by atoms with E-state index in [1.165, 1.54) is 19.2 Å². The van der Waals surface area contributed by atoms with Crippen LogP contribution in [0.3, 0.4) is 0 Å². The molecule has 0 aliphatic carbocycles. The van der Waals surface area contributed by atoms with Gasteiger partial charge < -0.3 is 8.92 Å². The second-order valence-electron chi connectivity index (χ2n) is 4.91. The molecule has 0 radical (unpaired) electrons. The van der Waals surface area contributed by atoms with Crippen LogP contribution in [-0.2, 0) is 10.1 Å². The van der Waals surface area contributed by atoms with E-state index in [9.17, 15) is 8.42 Å². The molecular weight excluding hydrogens is 371 g/mol. The van der Waals surface area contributed by atoms with Crippen molar-refractivity contribution < 1.29 is 17.3 Å². The van der Waals surface area contributed by atoms with Crippen LogP contribution in [0.2, 0.25) is 10.0 Å². The van der Waals surface area contributed by atoms with Gasteiger partial charge >= 0.3 is 10.1 Å². The molecule has 0 aliphatic heterocycles. The summed E-state index contributed by atoms with van der Waals surface area (Å²) in [4.78, 5) is -0.188. The summed E-state index contributed by atoms with van der Waals surface area (Å²) in [6.07, 6.45) is 0. The van der Waals surface area contributed by atoms with Crippen LogP contribution >= 0.6 is 23.2 Å². The van der Waals surface area contributed by atoms with Crippen LogP contribution < -0.4 is 8.92 Å². The summed E-state index contributed by atoms with van der Waals surface area (Å²) in [7, 11) is -2.84. The van der Waals surface area contributed by atoms with E-state index in [0.717, 1.165) is 5.39 Å². The smallest absolute Gasteiger partial charge is 0.343 e. The molecule has 124 valence electrons. The monoisotopic (exact) mass is 382 g/mol. The standard InChI is InChI=1S/C17H12Cl2O4S/c1-22-17-15(10-9-13(18)16(17)19)24(20,21)23-14-8-4-6-11-5-2-3-7-12(11)14/h2-10H,1H3. The molecule has 0 spiro atoms. The van der Waals surface area contributed by atoms with Crippen molar-refractivity contribution in [3.8, 4) is 11.5 Å². The Hall–Kier alpha value is -1.95. The van der Waals surface area contributed by atoms with Gasteiger partial charge in [0.25, 0.3) is 0 Å². The Balaban J connectivity index is 2.11. The molecule has 4 nitrogen and oxygen atoms in total. The van der Waals surface area contributed by atoms with Crippen LogP contribution in [0.15, 0.2) is 59.5 Å². The van der Waals surface area contributed by atoms with Crippen molar-refractivity contribution in [2.24, 2.45) is 0 Å². The maximum Gasteiger partial charge on any atom is 0.343 e. The molecule has 7 heteroatoms. The summed E-state index contributed by atoms with van der Waals surface area (Å²) < 4.78 is 35.8. The number of benzene rings is 3. The molecule has 24 heavy (non-hydrogen) atoms. The molecule has 0 atom stereocenters. The van der Waals surface area contributed by atoms with Crippen molar-refractivity contribution in [3.63, 3.8) is 0 Å². The third kappa shape index (κ3) is 3.02. The van der Waals surface area contributed by atoms with Gasteiger partial charge in [-0.1, -0.05) is 59.6 Å². The number of hydrogen-bond acceptors (Lipinski definition) is 4. The van der Waals surface area contributed by atoms with Crippen LogP contribution in [0.4, 0.5) is 0 Å². The maximum absolute atomic E-state index is 12.7. The second kappa shape index (κ2) is 6.51. The summed E-state index contributed by atoms with van der Waals surface area (Å²) in [5.41, 5.74) is 0. The largest absolute Gasteiger partial charge is 0.494 e. The number of ether oxygens (including phenoxy) is 1. The molecular formula is C17H12Cl2O4S. The van der Waals surface area contributed by atoms with E-state index in [-0.39, 0.29) is 26.4 Å². The van der Waals surface area contributed by atoms with Gasteiger partial charge in [0, 0.05) is 5.39 Å². The number of hydrogen-bond donors (Lipinski definition) is 0. The minimum atomic E-state index is -4.15. The Morgan fingerprint density at radius 3 is 2.38 bits per heavy atom. The minimum absolute atomic E-state index is 0.0155. The summed E-state index contributed by atoms with van der Waals surface area (Å²) in [6, 6.07) is 15.2. The van der Waals surface area contributed by atoms with Gasteiger partial charge in [0.2, 0.25) is 0 Å². The summed E-state index contributed by atoms with van der Waals surface area (Å²) >= 11 is 11.9. The predicted molar refractivity (Wildman–Crippen MR) is 94.8 cm³/mol. The van der Waals surface area contributed by atoms with Gasteiger partial charge in [-0.3, -0.25) is 0 Å². The van der Waals surface area contributed by atoms with Crippen molar-refractivity contribution >= 4 is 44.1 Å². The fourth-order valence-electron chi connectivity index (χ4n) is 2.33. The van der Waals surface area contributed by atoms with Crippen LogP contribution in [-0.4, -0.2) is 15.5 Å². The summed E-state index contributed by atoms with van der Waals surface area (Å²) in [5, 5.41) is 1.76. The topological polar surface area (TPSA) is 52.6 Å². The SMILES string of the molecule is COc1c(S(=O)(=O)Oc2cccc3ccccc23)ccc(Cl)c1Cl. The van der Waals surface area contributed by atoms with Crippen LogP contribution in [0.5, 0.6) is 11.5 Å². The van der Waals surface area contributed by atoms with Gasteiger partial charge in [0.05, 0.1) is 12.1 Å². The molecule has 0 fully saturated rings. The highest BCUT2D eigenvalue weighted by molar-refractivity contribution is 7.87. The van der Waals surface area contributed by atoms with E-state index >= 15 is 0 Å². The molecule has 0 aromatic heterocycles. The van der Waals surface area contributed by atoms with Crippen molar-refractivity contribution in [3.05, 3.63) is 64.6 Å². The molecule has 0 unspecified atom stereocenters. The Bertz CT molecular complexity index is 1010. The van der Waals surface area contributed by atoms with Crippen molar-refractivity contribution in [1.82, 2.24) is 0 Å². The van der Waals surface area contributed by atoms with E-state index in [4.69, 9.17) is 32.1 Å². The normalized spacial score (nSPS) is 11.5. The fraction of sp³-hybridized carbons (Fsp3) is 0.0588. The van der Waals surface area contributed by atoms with E-state index in [2.05, 4.69) is 0 Å². The Morgan fingerprint density at radius 1 is 0.917 bits per heavy atom. The van der Waals surface area contributed by atoms with E-state index in [1.807, 2.05) is 24.3 Å². The first-order valence-corrected chi connectivity index (χ1v) is 9.04. The number of fused-ring (bicyclic) bond motifs is 1. The van der Waals surface area contributed by atoms with Gasteiger partial charge in [0.15, 0.2) is 11.5 Å². The summed E-state index contributed by atoms with van der Waals surface area (Å²) in [6.45, 7) is 0. The van der Waals surface area contributed by atoms with Crippen molar-refractivity contribution in [2.75, 3.05) is 7.11 Å². The number of methoxy groups -OCH3 is 1. The lowest BCUT2D eigenvalue weighted by Crippen LogP contribution is -2.11. The molecule has 0 amide bonds. The molecule has 3 aromatic carbocycles. The highest BCUT2D eigenvalue weighted by atomic mass is 35.5. The first kappa shape index (κ1) is 16.9. The zero-order chi connectivity index (χ0) is 17.3. The Kier molecular flexibility index (Phi) is 4.58. The van der Waals surface area contributed by atoms with Crippen molar-refractivity contribution in [1.29, 1.82) is 0 Å². The van der Waals surface area contributed by atoms with E-state index < -0.39 is 10.1 Å². The molecule has 3 aromatic rings. The maximum atomic E-state index is 12.7. The lowest BCUT2D eigenvalue weighted by Gasteiger charge is -2.13. The van der Waals surface area contributed by atoms with Crippen molar-refractivity contribution in [2.45, 2.75) is 4.90 Å². The van der Waals surface area contributed by atoms with Gasteiger partial charge in [-0.25, -0.2) is 0 Å². The lowest BCUT2D eigenvalue weighted by molar-refractivity contribution is 0.398. The predicted octanol–water partition coefficient (Wildman–Crippen LogP) is 4.92. The molecule has 0 N–H and O–H groups in total. The van der Waals surface area contributed by atoms with Gasteiger partial charge in [-0.2, -0.15) is 8.42 Å². The molecule has 0 aliphatic rings. The first-order valence-electron chi connectivity index (χ1n) is 6.88. The Morgan fingerprint density at radius 2 is 1.62 bits per heavy atom. The Labute approximate surface area is 149 Å². The first-order chi connectivity index (χ1) is 11.4. The van der Waals surface area contributed by atoms with Gasteiger partial charge in [0.1, 0.15) is 9.92 Å². The third-order valence-electron chi connectivity index (χ3n) is 3.44. The van der Waals surface area contributed by atoms with E-state index in [1.54, 1.807) is 18.2 Å². The van der Waals surface area contributed by atoms with E-state index in [0.29, 0.717) is 5.39 Å². The number of halogens is 2. The molecule has 0 bridgehead atoms. The van der Waals surface area contributed by atoms with Gasteiger partial charge in [-0.05, 0) is 23.6 Å². The number of rotatable bonds is 4. The minimum Gasteiger partial charge on any atom is -0.494 e. The average molecular weight is 383 g/mol. The fourth-order valence-corrected chi connectivity index (χ4v) is 3.90. The van der Waals surface area contributed by atoms with Crippen LogP contribution in [0.25, 0.3) is 10.8 Å². The highest BCUT2D eigenvalue weighted by Gasteiger charge is 2.25.